The summed E-state index contributed by atoms with van der Waals surface area (Å²) in [5.74, 6) is 1.38. The van der Waals surface area contributed by atoms with E-state index in [9.17, 15) is 4.79 Å². The molecule has 1 fully saturated rings. The number of hydrogen-bond acceptors (Lipinski definition) is 3. The molecular formula is C17H25ClN2O2. The smallest absolute Gasteiger partial charge is 0.227 e. The van der Waals surface area contributed by atoms with Crippen molar-refractivity contribution in [1.29, 1.82) is 0 Å². The third-order valence-electron chi connectivity index (χ3n) is 4.79. The van der Waals surface area contributed by atoms with Crippen LogP contribution in [0.25, 0.3) is 0 Å². The van der Waals surface area contributed by atoms with Crippen LogP contribution in [-0.4, -0.2) is 25.1 Å². The Balaban J connectivity index is 0.00000176. The molecule has 0 aromatic heterocycles. The first kappa shape index (κ1) is 17.1. The molecule has 1 saturated carbocycles. The van der Waals surface area contributed by atoms with Crippen molar-refractivity contribution >= 4 is 18.3 Å². The predicted molar refractivity (Wildman–Crippen MR) is 89.3 cm³/mol. The van der Waals surface area contributed by atoms with Gasteiger partial charge in [0.15, 0.2) is 0 Å². The Morgan fingerprint density at radius 3 is 2.86 bits per heavy atom. The first-order valence-electron chi connectivity index (χ1n) is 7.99. The highest BCUT2D eigenvalue weighted by atomic mass is 35.5. The minimum Gasteiger partial charge on any atom is -0.492 e. The Kier molecular flexibility index (Phi) is 6.09. The number of halogens is 1. The van der Waals surface area contributed by atoms with Crippen LogP contribution >= 0.6 is 12.4 Å². The molecular weight excluding hydrogens is 300 g/mol. The van der Waals surface area contributed by atoms with E-state index in [0.29, 0.717) is 19.1 Å². The van der Waals surface area contributed by atoms with E-state index in [-0.39, 0.29) is 30.3 Å². The molecule has 3 atom stereocenters. The molecule has 0 bridgehead atoms. The fourth-order valence-corrected chi connectivity index (χ4v) is 3.48. The fourth-order valence-electron chi connectivity index (χ4n) is 3.48. The summed E-state index contributed by atoms with van der Waals surface area (Å²) in [6.45, 7) is 1.14. The molecule has 3 N–H and O–H groups in total. The molecule has 2 aliphatic rings. The predicted octanol–water partition coefficient (Wildman–Crippen LogP) is 2.29. The van der Waals surface area contributed by atoms with Crippen molar-refractivity contribution in [3.63, 3.8) is 0 Å². The number of carbonyl (C=O) groups excluding carboxylic acids is 1. The molecule has 0 saturated heterocycles. The van der Waals surface area contributed by atoms with E-state index in [1.165, 1.54) is 12.8 Å². The Hall–Kier alpha value is -1.26. The number of benzene rings is 1. The van der Waals surface area contributed by atoms with Crippen LogP contribution in [0, 0.1) is 11.8 Å². The Morgan fingerprint density at radius 2 is 2.05 bits per heavy atom. The summed E-state index contributed by atoms with van der Waals surface area (Å²) in [7, 11) is 0. The summed E-state index contributed by atoms with van der Waals surface area (Å²) < 4.78 is 5.71. The quantitative estimate of drug-likeness (QED) is 0.896. The van der Waals surface area contributed by atoms with Crippen LogP contribution in [-0.2, 0) is 11.2 Å². The number of para-hydroxylation sites is 1. The van der Waals surface area contributed by atoms with Crippen LogP contribution < -0.4 is 15.8 Å². The molecule has 3 unspecified atom stereocenters. The third kappa shape index (κ3) is 3.73. The van der Waals surface area contributed by atoms with Gasteiger partial charge in [0, 0.05) is 6.04 Å². The second-order valence-electron chi connectivity index (χ2n) is 6.22. The van der Waals surface area contributed by atoms with Gasteiger partial charge in [-0.25, -0.2) is 0 Å². The van der Waals surface area contributed by atoms with Crippen LogP contribution in [0.5, 0.6) is 5.75 Å². The lowest BCUT2D eigenvalue weighted by molar-refractivity contribution is -0.127. The van der Waals surface area contributed by atoms with Gasteiger partial charge in [-0.3, -0.25) is 4.79 Å². The monoisotopic (exact) mass is 324 g/mol. The lowest BCUT2D eigenvalue weighted by Crippen LogP contribution is -2.48. The van der Waals surface area contributed by atoms with Crippen molar-refractivity contribution in [2.45, 2.75) is 38.1 Å². The van der Waals surface area contributed by atoms with E-state index in [1.807, 2.05) is 24.3 Å². The van der Waals surface area contributed by atoms with Gasteiger partial charge in [-0.2, -0.15) is 0 Å². The topological polar surface area (TPSA) is 64.3 Å². The zero-order chi connectivity index (χ0) is 14.7. The largest absolute Gasteiger partial charge is 0.492 e. The summed E-state index contributed by atoms with van der Waals surface area (Å²) >= 11 is 0. The highest BCUT2D eigenvalue weighted by molar-refractivity contribution is 5.85. The van der Waals surface area contributed by atoms with Crippen molar-refractivity contribution in [1.82, 2.24) is 5.32 Å². The van der Waals surface area contributed by atoms with E-state index in [1.54, 1.807) is 0 Å². The van der Waals surface area contributed by atoms with Crippen LogP contribution in [0.2, 0.25) is 0 Å². The number of nitrogens with two attached hydrogens (primary N) is 1. The second kappa shape index (κ2) is 7.84. The lowest BCUT2D eigenvalue weighted by Gasteiger charge is -2.33. The van der Waals surface area contributed by atoms with Crippen LogP contribution in [0.4, 0.5) is 0 Å². The summed E-state index contributed by atoms with van der Waals surface area (Å²) in [4.78, 5) is 12.5. The normalized spacial score (nSPS) is 27.0. The van der Waals surface area contributed by atoms with Crippen molar-refractivity contribution < 1.29 is 9.53 Å². The molecule has 1 heterocycles. The molecule has 0 radical (unpaired) electrons. The van der Waals surface area contributed by atoms with Crippen LogP contribution in [0.1, 0.15) is 31.2 Å². The van der Waals surface area contributed by atoms with Crippen molar-refractivity contribution in [2.75, 3.05) is 13.2 Å². The molecule has 1 aromatic carbocycles. The first-order valence-corrected chi connectivity index (χ1v) is 7.99. The molecule has 4 nitrogen and oxygen atoms in total. The molecule has 22 heavy (non-hydrogen) atoms. The third-order valence-corrected chi connectivity index (χ3v) is 4.79. The van der Waals surface area contributed by atoms with Gasteiger partial charge >= 0.3 is 0 Å². The zero-order valence-corrected chi connectivity index (χ0v) is 13.6. The maximum Gasteiger partial charge on any atom is 0.227 e. The number of fused-ring (bicyclic) bond motifs is 1. The molecule has 1 aromatic rings. The van der Waals surface area contributed by atoms with Gasteiger partial charge < -0.3 is 15.8 Å². The van der Waals surface area contributed by atoms with Crippen molar-refractivity contribution in [2.24, 2.45) is 17.6 Å². The van der Waals surface area contributed by atoms with Gasteiger partial charge in [0.2, 0.25) is 5.91 Å². The van der Waals surface area contributed by atoms with Gasteiger partial charge in [0.1, 0.15) is 12.4 Å². The van der Waals surface area contributed by atoms with Gasteiger partial charge in [-0.05, 0) is 43.4 Å². The SMILES string of the molecule is Cl.NCC1CCCCC1NC(=O)C1COc2ccccc2C1. The lowest BCUT2D eigenvalue weighted by atomic mass is 9.84. The Labute approximate surface area is 138 Å². The van der Waals surface area contributed by atoms with Crippen molar-refractivity contribution in [3.05, 3.63) is 29.8 Å². The number of ether oxygens (including phenoxy) is 1. The maximum absolute atomic E-state index is 12.5. The molecule has 1 amide bonds. The first-order chi connectivity index (χ1) is 10.3. The second-order valence-corrected chi connectivity index (χ2v) is 6.22. The fraction of sp³-hybridized carbons (Fsp3) is 0.588. The minimum atomic E-state index is -0.0831. The van der Waals surface area contributed by atoms with E-state index in [4.69, 9.17) is 10.5 Å². The highest BCUT2D eigenvalue weighted by Crippen LogP contribution is 2.28. The number of nitrogens with one attached hydrogen (secondary N) is 1. The van der Waals surface area contributed by atoms with Gasteiger partial charge in [0.05, 0.1) is 5.92 Å². The molecule has 1 aliphatic carbocycles. The van der Waals surface area contributed by atoms with E-state index in [2.05, 4.69) is 5.32 Å². The van der Waals surface area contributed by atoms with Crippen LogP contribution in [0.3, 0.4) is 0 Å². The highest BCUT2D eigenvalue weighted by Gasteiger charge is 2.30. The summed E-state index contributed by atoms with van der Waals surface area (Å²) in [6.07, 6.45) is 5.37. The Bertz CT molecular complexity index is 509. The zero-order valence-electron chi connectivity index (χ0n) is 12.8. The van der Waals surface area contributed by atoms with Gasteiger partial charge in [-0.1, -0.05) is 31.0 Å². The van der Waals surface area contributed by atoms with Gasteiger partial charge in [0.25, 0.3) is 0 Å². The maximum atomic E-state index is 12.5. The summed E-state index contributed by atoms with van der Waals surface area (Å²) in [6, 6.07) is 8.21. The minimum absolute atomic E-state index is 0. The standard InChI is InChI=1S/C17H24N2O2.ClH/c18-10-13-6-1-3-7-15(13)19-17(20)14-9-12-5-2-4-8-16(12)21-11-14;/h2,4-5,8,13-15H,1,3,6-7,9-11,18H2,(H,19,20);1H. The number of carbonyl (C=O) groups is 1. The number of amides is 1. The Morgan fingerprint density at radius 1 is 1.27 bits per heavy atom. The molecule has 122 valence electrons. The summed E-state index contributed by atoms with van der Waals surface area (Å²) in [5, 5.41) is 3.22. The average Bonchev–Trinajstić information content (AvgIpc) is 2.55. The van der Waals surface area contributed by atoms with Gasteiger partial charge in [-0.15, -0.1) is 12.4 Å². The van der Waals surface area contributed by atoms with Crippen LogP contribution in [0.15, 0.2) is 24.3 Å². The molecule has 3 rings (SSSR count). The average molecular weight is 325 g/mol. The van der Waals surface area contributed by atoms with E-state index < -0.39 is 0 Å². The summed E-state index contributed by atoms with van der Waals surface area (Å²) in [5.41, 5.74) is 6.96. The van der Waals surface area contributed by atoms with E-state index in [0.717, 1.165) is 30.6 Å². The van der Waals surface area contributed by atoms with Crippen molar-refractivity contribution in [3.8, 4) is 5.75 Å². The number of hydrogen-bond donors (Lipinski definition) is 2. The molecule has 5 heteroatoms. The van der Waals surface area contributed by atoms with E-state index >= 15 is 0 Å². The molecule has 0 spiro atoms. The number of rotatable bonds is 3. The molecule has 1 aliphatic heterocycles.